The van der Waals surface area contributed by atoms with E-state index in [1.165, 1.54) is 11.3 Å². The van der Waals surface area contributed by atoms with Crippen molar-refractivity contribution in [3.05, 3.63) is 34.9 Å². The van der Waals surface area contributed by atoms with Gasteiger partial charge in [0.15, 0.2) is 0 Å². The van der Waals surface area contributed by atoms with Gasteiger partial charge in [-0.05, 0) is 12.1 Å². The number of nitrogen functional groups attached to an aromatic ring is 1. The first-order valence-electron chi connectivity index (χ1n) is 4.60. The molecular weight excluding hydrogens is 288 g/mol. The normalized spacial score (nSPS) is 11.1. The molecule has 2 aromatic heterocycles. The van der Waals surface area contributed by atoms with E-state index in [9.17, 15) is 0 Å². The number of imidazole rings is 1. The van der Waals surface area contributed by atoms with Crippen LogP contribution in [0.25, 0.3) is 15.5 Å². The number of benzene rings is 1. The first-order chi connectivity index (χ1) is 7.72. The van der Waals surface area contributed by atoms with Crippen molar-refractivity contribution in [1.82, 2.24) is 14.6 Å². The average Bonchev–Trinajstić information content (AvgIpc) is 2.75. The fourth-order valence-corrected chi connectivity index (χ4v) is 2.58. The van der Waals surface area contributed by atoms with E-state index in [-0.39, 0.29) is 0 Å². The summed E-state index contributed by atoms with van der Waals surface area (Å²) in [6.45, 7) is 0. The van der Waals surface area contributed by atoms with Crippen LogP contribution in [-0.4, -0.2) is 14.6 Å². The molecule has 0 aliphatic rings. The van der Waals surface area contributed by atoms with Crippen LogP contribution >= 0.6 is 27.3 Å². The largest absolute Gasteiger partial charge is 0.382 e. The van der Waals surface area contributed by atoms with Crippen LogP contribution in [-0.2, 0) is 0 Å². The van der Waals surface area contributed by atoms with Gasteiger partial charge >= 0.3 is 0 Å². The Morgan fingerprint density at radius 1 is 1.25 bits per heavy atom. The van der Waals surface area contributed by atoms with E-state index < -0.39 is 0 Å². The number of hydrogen-bond donors (Lipinski definition) is 1. The highest BCUT2D eigenvalue weighted by atomic mass is 79.9. The lowest BCUT2D eigenvalue weighted by atomic mass is 10.2. The predicted octanol–water partition coefficient (Wildman–Crippen LogP) is 2.80. The molecule has 16 heavy (non-hydrogen) atoms. The molecule has 2 N–H and O–H groups in total. The fourth-order valence-electron chi connectivity index (χ4n) is 1.43. The van der Waals surface area contributed by atoms with Crippen LogP contribution in [0.1, 0.15) is 0 Å². The summed E-state index contributed by atoms with van der Waals surface area (Å²) < 4.78 is 2.76. The minimum Gasteiger partial charge on any atom is -0.382 e. The van der Waals surface area contributed by atoms with E-state index in [1.807, 2.05) is 24.3 Å². The summed E-state index contributed by atoms with van der Waals surface area (Å²) in [7, 11) is 0. The van der Waals surface area contributed by atoms with Crippen molar-refractivity contribution in [1.29, 1.82) is 0 Å². The van der Waals surface area contributed by atoms with Crippen LogP contribution in [0.3, 0.4) is 0 Å². The number of rotatable bonds is 1. The standard InChI is InChI=1S/C10H7BrN4S/c11-7-3-1-6(2-4-7)9-14-15-5-8(12)13-10(15)16-9/h1-5H,12H2. The SMILES string of the molecule is Nc1cn2nc(-c3ccc(Br)cc3)sc2n1. The van der Waals surface area contributed by atoms with Gasteiger partial charge in [0.1, 0.15) is 10.8 Å². The van der Waals surface area contributed by atoms with E-state index in [1.54, 1.807) is 10.7 Å². The van der Waals surface area contributed by atoms with E-state index in [0.29, 0.717) is 5.82 Å². The second-order valence-corrected chi connectivity index (χ2v) is 5.18. The van der Waals surface area contributed by atoms with Crippen molar-refractivity contribution in [3.63, 3.8) is 0 Å². The number of nitrogens with zero attached hydrogens (tertiary/aromatic N) is 3. The quantitative estimate of drug-likeness (QED) is 0.751. The van der Waals surface area contributed by atoms with Crippen LogP contribution < -0.4 is 5.73 Å². The van der Waals surface area contributed by atoms with Gasteiger partial charge in [-0.2, -0.15) is 5.10 Å². The molecule has 0 saturated carbocycles. The summed E-state index contributed by atoms with van der Waals surface area (Å²) in [5.41, 5.74) is 6.65. The van der Waals surface area contributed by atoms with Crippen molar-refractivity contribution >= 4 is 38.0 Å². The van der Waals surface area contributed by atoms with Crippen LogP contribution in [0.2, 0.25) is 0 Å². The lowest BCUT2D eigenvalue weighted by Crippen LogP contribution is -1.84. The lowest BCUT2D eigenvalue weighted by Gasteiger charge is -1.94. The Hall–Kier alpha value is -1.40. The molecule has 0 radical (unpaired) electrons. The summed E-state index contributed by atoms with van der Waals surface area (Å²) in [5, 5.41) is 5.35. The monoisotopic (exact) mass is 294 g/mol. The molecule has 3 aromatic rings. The summed E-state index contributed by atoms with van der Waals surface area (Å²) in [5.74, 6) is 0.501. The number of nitrogens with two attached hydrogens (primary N) is 1. The summed E-state index contributed by atoms with van der Waals surface area (Å²) in [6, 6.07) is 8.03. The van der Waals surface area contributed by atoms with Gasteiger partial charge in [-0.3, -0.25) is 0 Å². The van der Waals surface area contributed by atoms with Crippen molar-refractivity contribution in [3.8, 4) is 10.6 Å². The van der Waals surface area contributed by atoms with Gasteiger partial charge in [0.2, 0.25) is 4.96 Å². The van der Waals surface area contributed by atoms with Gasteiger partial charge in [0.05, 0.1) is 6.20 Å². The molecule has 4 nitrogen and oxygen atoms in total. The Morgan fingerprint density at radius 3 is 2.69 bits per heavy atom. The van der Waals surface area contributed by atoms with Gasteiger partial charge in [0.25, 0.3) is 0 Å². The van der Waals surface area contributed by atoms with Gasteiger partial charge in [-0.15, -0.1) is 0 Å². The van der Waals surface area contributed by atoms with Crippen LogP contribution in [0, 0.1) is 0 Å². The Balaban J connectivity index is 2.11. The summed E-state index contributed by atoms with van der Waals surface area (Å²) in [4.78, 5) is 4.98. The smallest absolute Gasteiger partial charge is 0.214 e. The Morgan fingerprint density at radius 2 is 2.00 bits per heavy atom. The molecule has 0 amide bonds. The van der Waals surface area contributed by atoms with E-state index in [0.717, 1.165) is 20.0 Å². The average molecular weight is 295 g/mol. The van der Waals surface area contributed by atoms with Crippen LogP contribution in [0.5, 0.6) is 0 Å². The summed E-state index contributed by atoms with van der Waals surface area (Å²) in [6.07, 6.45) is 1.72. The van der Waals surface area contributed by atoms with Gasteiger partial charge in [-0.1, -0.05) is 39.4 Å². The summed E-state index contributed by atoms with van der Waals surface area (Å²) >= 11 is 4.93. The molecule has 0 saturated heterocycles. The number of anilines is 1. The van der Waals surface area contributed by atoms with Gasteiger partial charge in [0, 0.05) is 10.0 Å². The third kappa shape index (κ3) is 1.60. The third-order valence-corrected chi connectivity index (χ3v) is 3.65. The molecule has 0 aliphatic carbocycles. The minimum atomic E-state index is 0.501. The number of fused-ring (bicyclic) bond motifs is 1. The third-order valence-electron chi connectivity index (χ3n) is 2.15. The maximum Gasteiger partial charge on any atom is 0.214 e. The molecule has 2 heterocycles. The molecule has 0 unspecified atom stereocenters. The second-order valence-electron chi connectivity index (χ2n) is 3.31. The van der Waals surface area contributed by atoms with Crippen LogP contribution in [0.4, 0.5) is 5.82 Å². The molecule has 6 heteroatoms. The highest BCUT2D eigenvalue weighted by Gasteiger charge is 2.08. The Kier molecular flexibility index (Phi) is 2.19. The van der Waals surface area contributed by atoms with Crippen molar-refractivity contribution in [2.24, 2.45) is 0 Å². The lowest BCUT2D eigenvalue weighted by molar-refractivity contribution is 0.979. The maximum absolute atomic E-state index is 5.57. The zero-order valence-corrected chi connectivity index (χ0v) is 10.5. The Labute approximate surface area is 104 Å². The van der Waals surface area contributed by atoms with Gasteiger partial charge in [-0.25, -0.2) is 9.50 Å². The molecule has 3 rings (SSSR count). The highest BCUT2D eigenvalue weighted by Crippen LogP contribution is 2.26. The molecule has 80 valence electrons. The molecule has 0 atom stereocenters. The topological polar surface area (TPSA) is 56.2 Å². The number of halogens is 1. The highest BCUT2D eigenvalue weighted by molar-refractivity contribution is 9.10. The first-order valence-corrected chi connectivity index (χ1v) is 6.21. The molecular formula is C10H7BrN4S. The van der Waals surface area contributed by atoms with Crippen molar-refractivity contribution < 1.29 is 0 Å². The number of aromatic nitrogens is 3. The van der Waals surface area contributed by atoms with E-state index in [2.05, 4.69) is 26.0 Å². The first kappa shape index (κ1) is 9.80. The zero-order valence-electron chi connectivity index (χ0n) is 8.09. The molecule has 1 aromatic carbocycles. The molecule has 0 bridgehead atoms. The van der Waals surface area contributed by atoms with E-state index in [4.69, 9.17) is 5.73 Å². The van der Waals surface area contributed by atoms with Gasteiger partial charge < -0.3 is 5.73 Å². The van der Waals surface area contributed by atoms with Crippen molar-refractivity contribution in [2.45, 2.75) is 0 Å². The Bertz CT molecular complexity index is 609. The van der Waals surface area contributed by atoms with E-state index >= 15 is 0 Å². The number of hydrogen-bond acceptors (Lipinski definition) is 4. The van der Waals surface area contributed by atoms with Crippen molar-refractivity contribution in [2.75, 3.05) is 5.73 Å². The zero-order chi connectivity index (χ0) is 11.1. The second kappa shape index (κ2) is 3.57. The van der Waals surface area contributed by atoms with Crippen LogP contribution in [0.15, 0.2) is 34.9 Å². The fraction of sp³-hybridized carbons (Fsp3) is 0. The maximum atomic E-state index is 5.57. The minimum absolute atomic E-state index is 0.501. The predicted molar refractivity (Wildman–Crippen MR) is 68.4 cm³/mol. The molecule has 0 spiro atoms. The molecule has 0 aliphatic heterocycles. The molecule has 0 fully saturated rings.